The first-order valence-corrected chi connectivity index (χ1v) is 7.57. The molecule has 3 N–H and O–H groups in total. The van der Waals surface area contributed by atoms with Gasteiger partial charge in [-0.3, -0.25) is 4.79 Å². The Morgan fingerprint density at radius 2 is 2.12 bits per heavy atom. The highest BCUT2D eigenvalue weighted by Crippen LogP contribution is 2.38. The van der Waals surface area contributed by atoms with Gasteiger partial charge >= 0.3 is 11.9 Å². The Morgan fingerprint density at radius 3 is 2.71 bits per heavy atom. The standard InChI is InChI=1S/C18H20FNO4/c1-9(5-7-14(21)22)4-6-12-15(11(3)19)10(2)13-8-24-18(23)16(13)17(12)20/h4H,3,5-8,20H2,1-2H3,(H,21,22)/b9-4+. The lowest BCUT2D eigenvalue weighted by Gasteiger charge is -2.16. The third kappa shape index (κ3) is 3.32. The van der Waals surface area contributed by atoms with Crippen molar-refractivity contribution in [2.24, 2.45) is 0 Å². The fourth-order valence-electron chi connectivity index (χ4n) is 2.90. The van der Waals surface area contributed by atoms with Gasteiger partial charge in [-0.1, -0.05) is 18.2 Å². The summed E-state index contributed by atoms with van der Waals surface area (Å²) >= 11 is 0. The topological polar surface area (TPSA) is 89.6 Å². The van der Waals surface area contributed by atoms with E-state index in [0.717, 1.165) is 5.57 Å². The number of halogens is 1. The Kier molecular flexibility index (Phi) is 5.07. The molecule has 0 unspecified atom stereocenters. The third-order valence-corrected chi connectivity index (χ3v) is 4.24. The molecule has 0 atom stereocenters. The quantitative estimate of drug-likeness (QED) is 0.472. The van der Waals surface area contributed by atoms with Crippen LogP contribution in [0.4, 0.5) is 10.1 Å². The zero-order chi connectivity index (χ0) is 18.0. The maximum atomic E-state index is 14.0. The molecule has 0 fully saturated rings. The Balaban J connectivity index is 2.46. The lowest BCUT2D eigenvalue weighted by molar-refractivity contribution is -0.136. The van der Waals surface area contributed by atoms with Crippen molar-refractivity contribution in [1.82, 2.24) is 0 Å². The number of carboxylic acids is 1. The predicted molar refractivity (Wildman–Crippen MR) is 89.2 cm³/mol. The van der Waals surface area contributed by atoms with Crippen molar-refractivity contribution in [3.05, 3.63) is 46.0 Å². The Hall–Kier alpha value is -2.63. The molecule has 2 rings (SSSR count). The number of carbonyl (C=O) groups is 2. The van der Waals surface area contributed by atoms with Crippen LogP contribution in [0, 0.1) is 6.92 Å². The third-order valence-electron chi connectivity index (χ3n) is 4.24. The first-order chi connectivity index (χ1) is 11.2. The van der Waals surface area contributed by atoms with Crippen LogP contribution in [-0.4, -0.2) is 17.0 Å². The van der Waals surface area contributed by atoms with E-state index in [0.29, 0.717) is 34.2 Å². The molecular weight excluding hydrogens is 313 g/mol. The number of carboxylic acid groups (broad SMARTS) is 1. The number of ether oxygens (including phenoxy) is 1. The zero-order valence-electron chi connectivity index (χ0n) is 13.7. The minimum atomic E-state index is -0.879. The average Bonchev–Trinajstić information content (AvgIpc) is 2.89. The van der Waals surface area contributed by atoms with Gasteiger partial charge < -0.3 is 15.6 Å². The van der Waals surface area contributed by atoms with E-state index in [4.69, 9.17) is 15.6 Å². The normalized spacial score (nSPS) is 13.6. The van der Waals surface area contributed by atoms with Crippen molar-refractivity contribution in [3.8, 4) is 0 Å². The van der Waals surface area contributed by atoms with Gasteiger partial charge in [0.15, 0.2) is 0 Å². The summed E-state index contributed by atoms with van der Waals surface area (Å²) in [6.07, 6.45) is 2.51. The number of hydrogen-bond donors (Lipinski definition) is 2. The van der Waals surface area contributed by atoms with Crippen molar-refractivity contribution in [2.75, 3.05) is 5.73 Å². The second-order valence-corrected chi connectivity index (χ2v) is 5.88. The molecule has 0 spiro atoms. The maximum Gasteiger partial charge on any atom is 0.341 e. The number of aliphatic carboxylic acids is 1. The average molecular weight is 333 g/mol. The minimum absolute atomic E-state index is 0.0238. The van der Waals surface area contributed by atoms with Crippen LogP contribution < -0.4 is 5.73 Å². The van der Waals surface area contributed by atoms with Gasteiger partial charge in [0, 0.05) is 17.5 Å². The highest BCUT2D eigenvalue weighted by molar-refractivity contribution is 6.01. The molecule has 0 radical (unpaired) electrons. The number of nitrogens with two attached hydrogens (primary N) is 1. The molecule has 1 heterocycles. The van der Waals surface area contributed by atoms with Crippen LogP contribution >= 0.6 is 0 Å². The number of anilines is 1. The summed E-state index contributed by atoms with van der Waals surface area (Å²) in [6, 6.07) is 0. The molecule has 0 bridgehead atoms. The predicted octanol–water partition coefficient (Wildman–Crippen LogP) is 3.54. The summed E-state index contributed by atoms with van der Waals surface area (Å²) < 4.78 is 19.0. The second kappa shape index (κ2) is 6.86. The van der Waals surface area contributed by atoms with Gasteiger partial charge in [-0.15, -0.1) is 0 Å². The highest BCUT2D eigenvalue weighted by Gasteiger charge is 2.30. The lowest BCUT2D eigenvalue weighted by atomic mass is 9.89. The molecule has 1 aromatic carbocycles. The fourth-order valence-corrected chi connectivity index (χ4v) is 2.90. The molecule has 1 aliphatic rings. The van der Waals surface area contributed by atoms with Crippen LogP contribution in [-0.2, 0) is 22.6 Å². The SMILES string of the molecule is C=C(F)c1c(C)c2c(c(N)c1C/C=C(\C)CCC(=O)O)C(=O)OC2. The molecule has 6 heteroatoms. The van der Waals surface area contributed by atoms with E-state index < -0.39 is 17.8 Å². The Morgan fingerprint density at radius 1 is 1.46 bits per heavy atom. The summed E-state index contributed by atoms with van der Waals surface area (Å²) in [4.78, 5) is 22.5. The first-order valence-electron chi connectivity index (χ1n) is 7.57. The van der Waals surface area contributed by atoms with Crippen LogP contribution in [0.5, 0.6) is 0 Å². The van der Waals surface area contributed by atoms with Crippen molar-refractivity contribution in [3.63, 3.8) is 0 Å². The monoisotopic (exact) mass is 333 g/mol. The molecule has 0 saturated heterocycles. The van der Waals surface area contributed by atoms with Crippen molar-refractivity contribution in [2.45, 2.75) is 39.7 Å². The Labute approximate surface area is 139 Å². The molecule has 1 aromatic rings. The van der Waals surface area contributed by atoms with Gasteiger partial charge in [-0.25, -0.2) is 9.18 Å². The van der Waals surface area contributed by atoms with Gasteiger partial charge in [0.1, 0.15) is 12.4 Å². The van der Waals surface area contributed by atoms with Crippen LogP contribution in [0.3, 0.4) is 0 Å². The number of nitrogen functional groups attached to an aromatic ring is 1. The molecule has 5 nitrogen and oxygen atoms in total. The van der Waals surface area contributed by atoms with E-state index in [1.165, 1.54) is 0 Å². The van der Waals surface area contributed by atoms with Crippen molar-refractivity contribution in [1.29, 1.82) is 0 Å². The summed E-state index contributed by atoms with van der Waals surface area (Å²) in [5, 5.41) is 8.72. The lowest BCUT2D eigenvalue weighted by Crippen LogP contribution is -2.09. The summed E-state index contributed by atoms with van der Waals surface area (Å²) in [5.41, 5.74) is 9.44. The largest absolute Gasteiger partial charge is 0.481 e. The number of fused-ring (bicyclic) bond motifs is 1. The number of esters is 1. The van der Waals surface area contributed by atoms with E-state index in [1.807, 2.05) is 0 Å². The van der Waals surface area contributed by atoms with E-state index in [-0.39, 0.29) is 25.1 Å². The summed E-state index contributed by atoms with van der Waals surface area (Å²) in [5.74, 6) is -2.00. The Bertz CT molecular complexity index is 765. The molecule has 1 aliphatic heterocycles. The van der Waals surface area contributed by atoms with Crippen molar-refractivity contribution < 1.29 is 23.8 Å². The van der Waals surface area contributed by atoms with Crippen molar-refractivity contribution >= 4 is 23.5 Å². The molecular formula is C18H20FNO4. The minimum Gasteiger partial charge on any atom is -0.481 e. The zero-order valence-corrected chi connectivity index (χ0v) is 13.7. The van der Waals surface area contributed by atoms with Crippen LogP contribution in [0.1, 0.15) is 52.4 Å². The van der Waals surface area contributed by atoms with E-state index in [2.05, 4.69) is 6.58 Å². The van der Waals surface area contributed by atoms with Gasteiger partial charge in [0.05, 0.1) is 11.3 Å². The van der Waals surface area contributed by atoms with Gasteiger partial charge in [0.25, 0.3) is 0 Å². The summed E-state index contributed by atoms with van der Waals surface area (Å²) in [6.45, 7) is 6.97. The summed E-state index contributed by atoms with van der Waals surface area (Å²) in [7, 11) is 0. The molecule has 0 aromatic heterocycles. The number of benzene rings is 1. The molecule has 0 aliphatic carbocycles. The number of allylic oxidation sites excluding steroid dienone is 2. The number of carbonyl (C=O) groups excluding carboxylic acids is 1. The van der Waals surface area contributed by atoms with E-state index in [1.54, 1.807) is 19.9 Å². The van der Waals surface area contributed by atoms with Crippen LogP contribution in [0.25, 0.3) is 5.83 Å². The smallest absolute Gasteiger partial charge is 0.341 e. The molecule has 24 heavy (non-hydrogen) atoms. The van der Waals surface area contributed by atoms with Gasteiger partial charge in [-0.2, -0.15) is 0 Å². The second-order valence-electron chi connectivity index (χ2n) is 5.88. The molecule has 0 amide bonds. The molecule has 0 saturated carbocycles. The fraction of sp³-hybridized carbons (Fsp3) is 0.333. The van der Waals surface area contributed by atoms with E-state index in [9.17, 15) is 14.0 Å². The highest BCUT2D eigenvalue weighted by atomic mass is 19.1. The number of cyclic esters (lactones) is 1. The maximum absolute atomic E-state index is 14.0. The number of hydrogen-bond acceptors (Lipinski definition) is 4. The van der Waals surface area contributed by atoms with Gasteiger partial charge in [0.2, 0.25) is 0 Å². The van der Waals surface area contributed by atoms with Crippen LogP contribution in [0.15, 0.2) is 18.2 Å². The number of rotatable bonds is 6. The van der Waals surface area contributed by atoms with Crippen LogP contribution in [0.2, 0.25) is 0 Å². The van der Waals surface area contributed by atoms with E-state index >= 15 is 0 Å². The first kappa shape index (κ1) is 17.7. The molecule has 128 valence electrons. The van der Waals surface area contributed by atoms with Gasteiger partial charge in [-0.05, 0) is 37.8 Å².